The van der Waals surface area contributed by atoms with Gasteiger partial charge in [0.25, 0.3) is 0 Å². The summed E-state index contributed by atoms with van der Waals surface area (Å²) in [6.45, 7) is 0. The summed E-state index contributed by atoms with van der Waals surface area (Å²) in [6, 6.07) is 0. The molecule has 1 aromatic heterocycles. The summed E-state index contributed by atoms with van der Waals surface area (Å²) < 4.78 is 0. The van der Waals surface area contributed by atoms with E-state index < -0.39 is 0 Å². The Kier molecular flexibility index (Phi) is 1.85. The third kappa shape index (κ3) is 1.04. The molecule has 0 N–H and O–H groups in total. The normalized spacial score (nSPS) is 16.5. The molecule has 1 aliphatic rings. The summed E-state index contributed by atoms with van der Waals surface area (Å²) in [7, 11) is 1.78. The zero-order valence-corrected chi connectivity index (χ0v) is 8.21. The van der Waals surface area contributed by atoms with Crippen LogP contribution in [0.25, 0.3) is 0 Å². The molecule has 2 rings (SSSR count). The molecule has 0 aliphatic carbocycles. The summed E-state index contributed by atoms with van der Waals surface area (Å²) in [5.41, 5.74) is 0.915. The number of halogens is 1. The molecule has 1 aliphatic heterocycles. The predicted octanol–water partition coefficient (Wildman–Crippen LogP) is 2.31. The van der Waals surface area contributed by atoms with Gasteiger partial charge in [-0.3, -0.25) is 4.79 Å². The molecule has 0 aromatic carbocycles. The van der Waals surface area contributed by atoms with E-state index >= 15 is 0 Å². The average Bonchev–Trinajstić information content (AvgIpc) is 2.41. The zero-order valence-electron chi connectivity index (χ0n) is 6.63. The molecular formula is C8H8ClNOS. The molecule has 1 aromatic rings. The van der Waals surface area contributed by atoms with Gasteiger partial charge in [0.1, 0.15) is 0 Å². The summed E-state index contributed by atoms with van der Waals surface area (Å²) in [5.74, 6) is 0.155. The van der Waals surface area contributed by atoms with Crippen LogP contribution >= 0.6 is 22.9 Å². The highest BCUT2D eigenvalue weighted by atomic mass is 35.5. The van der Waals surface area contributed by atoms with Crippen molar-refractivity contribution in [3.8, 4) is 0 Å². The van der Waals surface area contributed by atoms with E-state index in [9.17, 15) is 4.79 Å². The van der Waals surface area contributed by atoms with E-state index in [1.54, 1.807) is 23.3 Å². The molecule has 4 heteroatoms. The Morgan fingerprint density at radius 2 is 2.33 bits per heavy atom. The monoisotopic (exact) mass is 201 g/mol. The second-order valence-electron chi connectivity index (χ2n) is 2.81. The summed E-state index contributed by atoms with van der Waals surface area (Å²) in [4.78, 5) is 14.2. The Balaban J connectivity index is 2.52. The number of aryl methyl sites for hydroxylation is 1. The smallest absolute Gasteiger partial charge is 0.227 e. The van der Waals surface area contributed by atoms with Gasteiger partial charge in [0.15, 0.2) is 0 Å². The van der Waals surface area contributed by atoms with Crippen LogP contribution in [0.2, 0.25) is 5.02 Å². The standard InChI is InChI=1S/C8H8ClNOS/c1-10-7(11)3-2-6-8(10)5(9)4-12-6/h4H,2-3H2,1H3. The number of anilines is 1. The van der Waals surface area contributed by atoms with E-state index in [0.717, 1.165) is 12.1 Å². The van der Waals surface area contributed by atoms with Gasteiger partial charge >= 0.3 is 0 Å². The highest BCUT2D eigenvalue weighted by molar-refractivity contribution is 7.11. The Morgan fingerprint density at radius 3 is 3.08 bits per heavy atom. The largest absolute Gasteiger partial charge is 0.313 e. The topological polar surface area (TPSA) is 20.3 Å². The minimum Gasteiger partial charge on any atom is -0.313 e. The first kappa shape index (κ1) is 8.08. The molecule has 12 heavy (non-hydrogen) atoms. The minimum absolute atomic E-state index is 0.155. The molecule has 0 radical (unpaired) electrons. The van der Waals surface area contributed by atoms with Crippen LogP contribution in [0, 0.1) is 0 Å². The molecule has 0 fully saturated rings. The summed E-state index contributed by atoms with van der Waals surface area (Å²) in [5, 5.41) is 2.59. The highest BCUT2D eigenvalue weighted by Crippen LogP contribution is 2.38. The van der Waals surface area contributed by atoms with E-state index in [1.807, 2.05) is 5.38 Å². The third-order valence-electron chi connectivity index (χ3n) is 2.07. The lowest BCUT2D eigenvalue weighted by Gasteiger charge is -2.22. The number of hydrogen-bond donors (Lipinski definition) is 0. The van der Waals surface area contributed by atoms with Gasteiger partial charge in [-0.15, -0.1) is 11.3 Å². The number of fused-ring (bicyclic) bond motifs is 1. The van der Waals surface area contributed by atoms with Gasteiger partial charge in [-0.05, 0) is 6.42 Å². The van der Waals surface area contributed by atoms with E-state index in [1.165, 1.54) is 4.88 Å². The Hall–Kier alpha value is -0.540. The van der Waals surface area contributed by atoms with Gasteiger partial charge in [0.05, 0.1) is 10.7 Å². The molecule has 64 valence electrons. The van der Waals surface area contributed by atoms with Crippen molar-refractivity contribution < 1.29 is 4.79 Å². The SMILES string of the molecule is CN1C(=O)CCc2scc(Cl)c21. The number of carbonyl (C=O) groups is 1. The molecule has 0 saturated heterocycles. The van der Waals surface area contributed by atoms with Crippen molar-refractivity contribution in [2.75, 3.05) is 11.9 Å². The van der Waals surface area contributed by atoms with Gasteiger partial charge in [-0.1, -0.05) is 11.6 Å². The lowest BCUT2D eigenvalue weighted by Crippen LogP contribution is -2.30. The molecule has 2 nitrogen and oxygen atoms in total. The van der Waals surface area contributed by atoms with Crippen LogP contribution in [-0.4, -0.2) is 13.0 Å². The highest BCUT2D eigenvalue weighted by Gasteiger charge is 2.24. The van der Waals surface area contributed by atoms with E-state index in [0.29, 0.717) is 11.4 Å². The van der Waals surface area contributed by atoms with Crippen LogP contribution in [0.1, 0.15) is 11.3 Å². The lowest BCUT2D eigenvalue weighted by molar-refractivity contribution is -0.118. The molecule has 0 atom stereocenters. The van der Waals surface area contributed by atoms with E-state index in [4.69, 9.17) is 11.6 Å². The number of nitrogens with zero attached hydrogens (tertiary/aromatic N) is 1. The van der Waals surface area contributed by atoms with Crippen molar-refractivity contribution in [2.45, 2.75) is 12.8 Å². The number of hydrogen-bond acceptors (Lipinski definition) is 2. The molecular weight excluding hydrogens is 194 g/mol. The molecule has 0 saturated carbocycles. The fourth-order valence-electron chi connectivity index (χ4n) is 1.41. The maximum absolute atomic E-state index is 11.3. The van der Waals surface area contributed by atoms with Crippen molar-refractivity contribution in [3.63, 3.8) is 0 Å². The first-order chi connectivity index (χ1) is 5.70. The Labute approximate surface area is 79.8 Å². The predicted molar refractivity (Wildman–Crippen MR) is 51.1 cm³/mol. The van der Waals surface area contributed by atoms with E-state index in [2.05, 4.69) is 0 Å². The van der Waals surface area contributed by atoms with Crippen LogP contribution in [0.15, 0.2) is 5.38 Å². The van der Waals surface area contributed by atoms with Crippen LogP contribution in [0.5, 0.6) is 0 Å². The maximum Gasteiger partial charge on any atom is 0.227 e. The van der Waals surface area contributed by atoms with Crippen LogP contribution in [-0.2, 0) is 11.2 Å². The van der Waals surface area contributed by atoms with Crippen LogP contribution in [0.4, 0.5) is 5.69 Å². The fraction of sp³-hybridized carbons (Fsp3) is 0.375. The van der Waals surface area contributed by atoms with Crippen LogP contribution in [0.3, 0.4) is 0 Å². The lowest BCUT2D eigenvalue weighted by atomic mass is 10.1. The molecule has 0 spiro atoms. The molecule has 0 unspecified atom stereocenters. The summed E-state index contributed by atoms with van der Waals surface area (Å²) in [6.07, 6.45) is 1.45. The van der Waals surface area contributed by atoms with Crippen molar-refractivity contribution in [2.24, 2.45) is 0 Å². The second-order valence-corrected chi connectivity index (χ2v) is 4.18. The number of amides is 1. The van der Waals surface area contributed by atoms with Crippen molar-refractivity contribution in [1.82, 2.24) is 0 Å². The first-order valence-corrected chi connectivity index (χ1v) is 4.98. The van der Waals surface area contributed by atoms with Gasteiger partial charge in [0, 0.05) is 23.7 Å². The first-order valence-electron chi connectivity index (χ1n) is 3.72. The molecule has 2 heterocycles. The van der Waals surface area contributed by atoms with Gasteiger partial charge in [-0.2, -0.15) is 0 Å². The zero-order chi connectivity index (χ0) is 8.72. The van der Waals surface area contributed by atoms with Gasteiger partial charge < -0.3 is 4.90 Å². The Bertz CT molecular complexity index is 334. The van der Waals surface area contributed by atoms with Crippen molar-refractivity contribution in [3.05, 3.63) is 15.3 Å². The quantitative estimate of drug-likeness (QED) is 0.631. The van der Waals surface area contributed by atoms with Crippen molar-refractivity contribution >= 4 is 34.5 Å². The van der Waals surface area contributed by atoms with Gasteiger partial charge in [-0.25, -0.2) is 0 Å². The van der Waals surface area contributed by atoms with Crippen LogP contribution < -0.4 is 4.90 Å². The van der Waals surface area contributed by atoms with Gasteiger partial charge in [0.2, 0.25) is 5.91 Å². The van der Waals surface area contributed by atoms with E-state index in [-0.39, 0.29) is 5.91 Å². The summed E-state index contributed by atoms with van der Waals surface area (Å²) >= 11 is 7.57. The molecule has 0 bridgehead atoms. The fourth-order valence-corrected chi connectivity index (χ4v) is 2.77. The number of carbonyl (C=O) groups excluding carboxylic acids is 1. The second kappa shape index (κ2) is 2.75. The number of rotatable bonds is 0. The average molecular weight is 202 g/mol. The van der Waals surface area contributed by atoms with Crippen molar-refractivity contribution in [1.29, 1.82) is 0 Å². The maximum atomic E-state index is 11.3. The number of thiophene rings is 1. The minimum atomic E-state index is 0.155. The Morgan fingerprint density at radius 1 is 1.58 bits per heavy atom. The molecule has 1 amide bonds. The third-order valence-corrected chi connectivity index (χ3v) is 3.52.